The van der Waals surface area contributed by atoms with Crippen LogP contribution in [-0.2, 0) is 16.0 Å². The molecule has 0 spiro atoms. The van der Waals surface area contributed by atoms with Crippen LogP contribution >= 0.6 is 0 Å². The smallest absolute Gasteiger partial charge is 0.410 e. The molecule has 4 nitrogen and oxygen atoms in total. The summed E-state index contributed by atoms with van der Waals surface area (Å²) in [6, 6.07) is 9.86. The van der Waals surface area contributed by atoms with Crippen molar-refractivity contribution in [3.05, 3.63) is 35.9 Å². The summed E-state index contributed by atoms with van der Waals surface area (Å²) in [5.41, 5.74) is 0.719. The van der Waals surface area contributed by atoms with Gasteiger partial charge < -0.3 is 4.74 Å². The number of nitrogens with zero attached hydrogens (tertiary/aromatic N) is 1. The van der Waals surface area contributed by atoms with Crippen molar-refractivity contribution in [1.82, 2.24) is 4.90 Å². The quantitative estimate of drug-likeness (QED) is 0.825. The number of carbonyl (C=O) groups is 2. The number of ketones is 1. The predicted octanol–water partition coefficient (Wildman–Crippen LogP) is 3.98. The second-order valence-corrected chi connectivity index (χ2v) is 7.14. The van der Waals surface area contributed by atoms with Crippen LogP contribution in [0.15, 0.2) is 30.3 Å². The molecule has 1 atom stereocenters. The molecular formula is C19H27NO3. The maximum Gasteiger partial charge on any atom is 0.410 e. The van der Waals surface area contributed by atoms with E-state index in [9.17, 15) is 9.59 Å². The molecule has 0 radical (unpaired) electrons. The highest BCUT2D eigenvalue weighted by atomic mass is 16.6. The zero-order valence-electron chi connectivity index (χ0n) is 14.4. The molecule has 1 aliphatic rings. The van der Waals surface area contributed by atoms with Crippen LogP contribution in [0.2, 0.25) is 0 Å². The minimum Gasteiger partial charge on any atom is -0.444 e. The van der Waals surface area contributed by atoms with E-state index in [1.807, 2.05) is 39.0 Å². The molecule has 1 aromatic rings. The highest BCUT2D eigenvalue weighted by Gasteiger charge is 2.35. The van der Waals surface area contributed by atoms with E-state index >= 15 is 0 Å². The van der Waals surface area contributed by atoms with Crippen LogP contribution in [0.4, 0.5) is 4.79 Å². The van der Waals surface area contributed by atoms with Gasteiger partial charge in [0.25, 0.3) is 0 Å². The van der Waals surface area contributed by atoms with E-state index in [1.54, 1.807) is 4.90 Å². The van der Waals surface area contributed by atoms with Crippen LogP contribution in [0.1, 0.15) is 52.0 Å². The first-order chi connectivity index (χ1) is 10.9. The average Bonchev–Trinajstić information content (AvgIpc) is 2.96. The summed E-state index contributed by atoms with van der Waals surface area (Å²) in [5.74, 6) is 0.157. The maximum absolute atomic E-state index is 12.5. The van der Waals surface area contributed by atoms with Gasteiger partial charge in [0.2, 0.25) is 0 Å². The Labute approximate surface area is 138 Å². The fraction of sp³-hybridized carbons (Fsp3) is 0.579. The molecule has 0 saturated carbocycles. The Morgan fingerprint density at radius 3 is 2.57 bits per heavy atom. The van der Waals surface area contributed by atoms with Crippen molar-refractivity contribution in [1.29, 1.82) is 0 Å². The van der Waals surface area contributed by atoms with Gasteiger partial charge >= 0.3 is 6.09 Å². The number of likely N-dealkylation sites (tertiary alicyclic amines) is 1. The van der Waals surface area contributed by atoms with Crippen LogP contribution in [-0.4, -0.2) is 35.0 Å². The first kappa shape index (κ1) is 17.5. The Bertz CT molecular complexity index is 533. The largest absolute Gasteiger partial charge is 0.444 e. The van der Waals surface area contributed by atoms with E-state index in [0.717, 1.165) is 25.7 Å². The first-order valence-electron chi connectivity index (χ1n) is 8.43. The van der Waals surface area contributed by atoms with E-state index < -0.39 is 5.60 Å². The van der Waals surface area contributed by atoms with Gasteiger partial charge in [-0.25, -0.2) is 4.79 Å². The number of aryl methyl sites for hydroxylation is 1. The summed E-state index contributed by atoms with van der Waals surface area (Å²) in [4.78, 5) is 26.3. The topological polar surface area (TPSA) is 46.6 Å². The molecule has 0 N–H and O–H groups in total. The molecule has 0 aromatic heterocycles. The first-order valence-corrected chi connectivity index (χ1v) is 8.43. The van der Waals surface area contributed by atoms with Crippen molar-refractivity contribution in [2.24, 2.45) is 0 Å². The van der Waals surface area contributed by atoms with Gasteiger partial charge in [0.05, 0.1) is 6.04 Å². The summed E-state index contributed by atoms with van der Waals surface area (Å²) in [7, 11) is 0. The molecule has 126 valence electrons. The molecular weight excluding hydrogens is 290 g/mol. The van der Waals surface area contributed by atoms with Crippen molar-refractivity contribution in [2.45, 2.75) is 64.5 Å². The Balaban J connectivity index is 1.84. The lowest BCUT2D eigenvalue weighted by molar-refractivity contribution is -0.123. The van der Waals surface area contributed by atoms with Gasteiger partial charge in [-0.05, 0) is 52.0 Å². The highest BCUT2D eigenvalue weighted by molar-refractivity contribution is 5.88. The molecule has 2 rings (SSSR count). The van der Waals surface area contributed by atoms with E-state index in [2.05, 4.69) is 12.1 Å². The number of amides is 1. The van der Waals surface area contributed by atoms with E-state index in [0.29, 0.717) is 13.0 Å². The predicted molar refractivity (Wildman–Crippen MR) is 90.3 cm³/mol. The molecule has 1 amide bonds. The van der Waals surface area contributed by atoms with Gasteiger partial charge in [-0.1, -0.05) is 30.3 Å². The maximum atomic E-state index is 12.5. The molecule has 1 aromatic carbocycles. The third-order valence-corrected chi connectivity index (χ3v) is 3.98. The lowest BCUT2D eigenvalue weighted by Gasteiger charge is -2.28. The standard InChI is InChI=1S/C19H27NO3/c1-19(2,3)23-18(22)20-14-8-12-16(20)17(21)13-7-11-15-9-5-4-6-10-15/h4-6,9-10,16H,7-8,11-14H2,1-3H3/t16-/m0/s1. The zero-order valence-corrected chi connectivity index (χ0v) is 14.4. The molecule has 1 aliphatic heterocycles. The minimum absolute atomic E-state index is 0.157. The summed E-state index contributed by atoms with van der Waals surface area (Å²) in [5, 5.41) is 0. The van der Waals surface area contributed by atoms with E-state index in [4.69, 9.17) is 4.74 Å². The number of ether oxygens (including phenoxy) is 1. The molecule has 23 heavy (non-hydrogen) atoms. The fourth-order valence-corrected chi connectivity index (χ4v) is 2.92. The van der Waals surface area contributed by atoms with Crippen molar-refractivity contribution in [2.75, 3.05) is 6.54 Å². The summed E-state index contributed by atoms with van der Waals surface area (Å²) in [6.07, 6.45) is 3.49. The Morgan fingerprint density at radius 2 is 1.91 bits per heavy atom. The van der Waals surface area contributed by atoms with Crippen LogP contribution in [0, 0.1) is 0 Å². The molecule has 0 bridgehead atoms. The normalized spacial score (nSPS) is 18.0. The van der Waals surface area contributed by atoms with Crippen LogP contribution in [0.25, 0.3) is 0 Å². The van der Waals surface area contributed by atoms with Crippen molar-refractivity contribution in [3.63, 3.8) is 0 Å². The Morgan fingerprint density at radius 1 is 1.22 bits per heavy atom. The number of Topliss-reactive ketones (excluding diaryl/α,β-unsaturated/α-hetero) is 1. The summed E-state index contributed by atoms with van der Waals surface area (Å²) in [6.45, 7) is 6.15. The van der Waals surface area contributed by atoms with Crippen molar-refractivity contribution < 1.29 is 14.3 Å². The third-order valence-electron chi connectivity index (χ3n) is 3.98. The molecule has 1 heterocycles. The van der Waals surface area contributed by atoms with Gasteiger partial charge in [0.15, 0.2) is 5.78 Å². The zero-order chi connectivity index (χ0) is 16.9. The number of carbonyl (C=O) groups excluding carboxylic acids is 2. The van der Waals surface area contributed by atoms with Gasteiger partial charge in [0, 0.05) is 13.0 Å². The number of rotatable bonds is 5. The highest BCUT2D eigenvalue weighted by Crippen LogP contribution is 2.23. The number of hydrogen-bond acceptors (Lipinski definition) is 3. The van der Waals surface area contributed by atoms with Gasteiger partial charge in [-0.3, -0.25) is 9.69 Å². The minimum atomic E-state index is -0.527. The van der Waals surface area contributed by atoms with Crippen molar-refractivity contribution in [3.8, 4) is 0 Å². The average molecular weight is 317 g/mol. The molecule has 1 fully saturated rings. The molecule has 0 unspecified atom stereocenters. The number of benzene rings is 1. The lowest BCUT2D eigenvalue weighted by Crippen LogP contribution is -2.43. The second kappa shape index (κ2) is 7.62. The molecule has 4 heteroatoms. The van der Waals surface area contributed by atoms with Gasteiger partial charge in [-0.15, -0.1) is 0 Å². The fourth-order valence-electron chi connectivity index (χ4n) is 2.92. The SMILES string of the molecule is CC(C)(C)OC(=O)N1CCC[C@H]1C(=O)CCCc1ccccc1. The van der Waals surface area contributed by atoms with E-state index in [-0.39, 0.29) is 17.9 Å². The van der Waals surface area contributed by atoms with Gasteiger partial charge in [0.1, 0.15) is 5.60 Å². The third kappa shape index (κ3) is 5.38. The lowest BCUT2D eigenvalue weighted by atomic mass is 10.0. The van der Waals surface area contributed by atoms with E-state index in [1.165, 1.54) is 5.56 Å². The molecule has 0 aliphatic carbocycles. The van der Waals surface area contributed by atoms with Gasteiger partial charge in [-0.2, -0.15) is 0 Å². The molecule has 1 saturated heterocycles. The summed E-state index contributed by atoms with van der Waals surface area (Å²) < 4.78 is 5.41. The van der Waals surface area contributed by atoms with Crippen LogP contribution < -0.4 is 0 Å². The second-order valence-electron chi connectivity index (χ2n) is 7.14. The van der Waals surface area contributed by atoms with Crippen molar-refractivity contribution >= 4 is 11.9 Å². The Hall–Kier alpha value is -1.84. The monoisotopic (exact) mass is 317 g/mol. The Kier molecular flexibility index (Phi) is 5.80. The van der Waals surface area contributed by atoms with Crippen LogP contribution in [0.3, 0.4) is 0 Å². The summed E-state index contributed by atoms with van der Waals surface area (Å²) >= 11 is 0. The van der Waals surface area contributed by atoms with Crippen LogP contribution in [0.5, 0.6) is 0 Å². The number of hydrogen-bond donors (Lipinski definition) is 0.